The Kier molecular flexibility index (Phi) is 4.53. The molecule has 0 aliphatic carbocycles. The first-order valence-corrected chi connectivity index (χ1v) is 10.4. The van der Waals surface area contributed by atoms with Crippen molar-refractivity contribution in [2.75, 3.05) is 13.1 Å². The van der Waals surface area contributed by atoms with E-state index < -0.39 is 0 Å². The smallest absolute Gasteiger partial charge is 0.306 e. The molecule has 1 aliphatic rings. The first kappa shape index (κ1) is 17.6. The van der Waals surface area contributed by atoms with Crippen molar-refractivity contribution in [2.24, 2.45) is 0 Å². The van der Waals surface area contributed by atoms with Gasteiger partial charge in [0.2, 0.25) is 0 Å². The van der Waals surface area contributed by atoms with Crippen LogP contribution >= 0.6 is 15.9 Å². The monoisotopic (exact) mass is 436 g/mol. The normalized spacial score (nSPS) is 16.2. The number of nitrogens with one attached hydrogen (secondary N) is 1. The van der Waals surface area contributed by atoms with E-state index in [0.29, 0.717) is 0 Å². The maximum absolute atomic E-state index is 12.5. The summed E-state index contributed by atoms with van der Waals surface area (Å²) in [6, 6.07) is 16.6. The molecule has 2 aromatic heterocycles. The van der Waals surface area contributed by atoms with Crippen LogP contribution in [0.2, 0.25) is 0 Å². The molecular weight excluding hydrogens is 416 g/mol. The molecule has 0 bridgehead atoms. The van der Waals surface area contributed by atoms with E-state index in [4.69, 9.17) is 0 Å². The Labute approximate surface area is 171 Å². The zero-order valence-corrected chi connectivity index (χ0v) is 17.0. The summed E-state index contributed by atoms with van der Waals surface area (Å²) >= 11 is 3.63. The van der Waals surface area contributed by atoms with Gasteiger partial charge in [-0.05, 0) is 48.7 Å². The van der Waals surface area contributed by atoms with Gasteiger partial charge in [0.1, 0.15) is 0 Å². The number of halogens is 1. The molecule has 0 unspecified atom stereocenters. The summed E-state index contributed by atoms with van der Waals surface area (Å²) < 4.78 is 3.03. The lowest BCUT2D eigenvalue weighted by molar-refractivity contribution is 0.180. The standard InChI is InChI=1S/C22H21BrN4O/c23-17-12-15-4-3-9-24-21(15)16(13-17)14-26-10-7-18(8-11-26)27-20-6-2-1-5-19(20)25-22(27)28/h1-6,9,12-13,18H,7-8,10-11,14H2,(H,25,28). The summed E-state index contributed by atoms with van der Waals surface area (Å²) in [7, 11) is 0. The van der Waals surface area contributed by atoms with Crippen molar-refractivity contribution < 1.29 is 0 Å². The summed E-state index contributed by atoms with van der Waals surface area (Å²) in [4.78, 5) is 22.5. The minimum Gasteiger partial charge on any atom is -0.306 e. The molecule has 1 N–H and O–H groups in total. The molecule has 142 valence electrons. The molecule has 0 spiro atoms. The third-order valence-corrected chi connectivity index (χ3v) is 6.15. The Morgan fingerprint density at radius 1 is 1.11 bits per heavy atom. The van der Waals surface area contributed by atoms with Crippen LogP contribution in [-0.2, 0) is 6.54 Å². The third kappa shape index (κ3) is 3.16. The van der Waals surface area contributed by atoms with Gasteiger partial charge in [0, 0.05) is 41.7 Å². The highest BCUT2D eigenvalue weighted by atomic mass is 79.9. The third-order valence-electron chi connectivity index (χ3n) is 5.69. The van der Waals surface area contributed by atoms with Gasteiger partial charge in [-0.2, -0.15) is 0 Å². The van der Waals surface area contributed by atoms with E-state index >= 15 is 0 Å². The van der Waals surface area contributed by atoms with Crippen LogP contribution in [-0.4, -0.2) is 32.5 Å². The highest BCUT2D eigenvalue weighted by molar-refractivity contribution is 9.10. The second-order valence-corrected chi connectivity index (χ2v) is 8.38. The van der Waals surface area contributed by atoms with Crippen molar-refractivity contribution in [3.05, 3.63) is 75.2 Å². The number of aromatic nitrogens is 3. The summed E-state index contributed by atoms with van der Waals surface area (Å²) in [5.41, 5.74) is 4.24. The lowest BCUT2D eigenvalue weighted by Crippen LogP contribution is -2.36. The molecule has 5 nitrogen and oxygen atoms in total. The fourth-order valence-corrected chi connectivity index (χ4v) is 4.88. The van der Waals surface area contributed by atoms with Crippen molar-refractivity contribution in [2.45, 2.75) is 25.4 Å². The minimum atomic E-state index is 0.00170. The van der Waals surface area contributed by atoms with Crippen molar-refractivity contribution >= 4 is 37.9 Å². The van der Waals surface area contributed by atoms with Crippen LogP contribution in [0.4, 0.5) is 0 Å². The van der Waals surface area contributed by atoms with E-state index in [2.05, 4.69) is 49.0 Å². The Hall–Kier alpha value is -2.44. The van der Waals surface area contributed by atoms with E-state index in [1.165, 1.54) is 5.56 Å². The summed E-state index contributed by atoms with van der Waals surface area (Å²) in [5.74, 6) is 0. The number of likely N-dealkylation sites (tertiary alicyclic amines) is 1. The molecule has 4 aromatic rings. The van der Waals surface area contributed by atoms with E-state index in [9.17, 15) is 4.79 Å². The molecule has 2 aromatic carbocycles. The van der Waals surface area contributed by atoms with Crippen LogP contribution < -0.4 is 5.69 Å². The molecule has 0 saturated carbocycles. The number of H-pyrrole nitrogens is 1. The van der Waals surface area contributed by atoms with Crippen LogP contribution in [0, 0.1) is 0 Å². The molecule has 0 radical (unpaired) electrons. The number of benzene rings is 2. The van der Waals surface area contributed by atoms with Gasteiger partial charge in [0.25, 0.3) is 0 Å². The topological polar surface area (TPSA) is 53.9 Å². The fraction of sp³-hybridized carbons (Fsp3) is 0.273. The van der Waals surface area contributed by atoms with Crippen molar-refractivity contribution in [1.82, 2.24) is 19.4 Å². The first-order valence-electron chi connectivity index (χ1n) is 9.64. The van der Waals surface area contributed by atoms with E-state index in [-0.39, 0.29) is 11.7 Å². The summed E-state index contributed by atoms with van der Waals surface area (Å²) in [6.07, 6.45) is 3.80. The summed E-state index contributed by atoms with van der Waals surface area (Å²) in [5, 5.41) is 1.16. The number of hydrogen-bond donors (Lipinski definition) is 1. The van der Waals surface area contributed by atoms with Crippen LogP contribution in [0.25, 0.3) is 21.9 Å². The van der Waals surface area contributed by atoms with Crippen molar-refractivity contribution in [3.63, 3.8) is 0 Å². The Bertz CT molecular complexity index is 1200. The predicted octanol–water partition coefficient (Wildman–Crippen LogP) is 4.48. The van der Waals surface area contributed by atoms with E-state index in [1.807, 2.05) is 41.1 Å². The van der Waals surface area contributed by atoms with Gasteiger partial charge in [0.15, 0.2) is 0 Å². The lowest BCUT2D eigenvalue weighted by atomic mass is 10.0. The van der Waals surface area contributed by atoms with Crippen LogP contribution in [0.5, 0.6) is 0 Å². The largest absolute Gasteiger partial charge is 0.326 e. The van der Waals surface area contributed by atoms with Gasteiger partial charge < -0.3 is 4.98 Å². The Balaban J connectivity index is 1.36. The number of piperidine rings is 1. The highest BCUT2D eigenvalue weighted by Crippen LogP contribution is 2.28. The Morgan fingerprint density at radius 3 is 2.79 bits per heavy atom. The number of rotatable bonds is 3. The fourth-order valence-electron chi connectivity index (χ4n) is 4.36. The lowest BCUT2D eigenvalue weighted by Gasteiger charge is -2.32. The zero-order chi connectivity index (χ0) is 19.1. The molecule has 28 heavy (non-hydrogen) atoms. The van der Waals surface area contributed by atoms with Crippen LogP contribution in [0.15, 0.2) is 64.0 Å². The molecule has 1 fully saturated rings. The van der Waals surface area contributed by atoms with Gasteiger partial charge in [-0.15, -0.1) is 0 Å². The average Bonchev–Trinajstić information content (AvgIpc) is 3.04. The van der Waals surface area contributed by atoms with Crippen molar-refractivity contribution in [3.8, 4) is 0 Å². The van der Waals surface area contributed by atoms with Gasteiger partial charge >= 0.3 is 5.69 Å². The molecule has 0 atom stereocenters. The maximum atomic E-state index is 12.5. The zero-order valence-electron chi connectivity index (χ0n) is 15.4. The highest BCUT2D eigenvalue weighted by Gasteiger charge is 2.24. The number of fused-ring (bicyclic) bond motifs is 2. The second kappa shape index (κ2) is 7.18. The van der Waals surface area contributed by atoms with Gasteiger partial charge in [-0.25, -0.2) is 4.79 Å². The number of pyridine rings is 1. The van der Waals surface area contributed by atoms with Crippen LogP contribution in [0.1, 0.15) is 24.4 Å². The number of imidazole rings is 1. The quantitative estimate of drug-likeness (QED) is 0.515. The summed E-state index contributed by atoms with van der Waals surface area (Å²) in [6.45, 7) is 2.82. The molecule has 1 saturated heterocycles. The second-order valence-electron chi connectivity index (χ2n) is 7.46. The van der Waals surface area contributed by atoms with Gasteiger partial charge in [-0.3, -0.25) is 14.5 Å². The predicted molar refractivity (Wildman–Crippen MR) is 116 cm³/mol. The molecule has 1 aliphatic heterocycles. The van der Waals surface area contributed by atoms with Crippen LogP contribution in [0.3, 0.4) is 0 Å². The molecule has 5 rings (SSSR count). The maximum Gasteiger partial charge on any atom is 0.326 e. The molecule has 3 heterocycles. The van der Waals surface area contributed by atoms with Gasteiger partial charge in [0.05, 0.1) is 16.6 Å². The van der Waals surface area contributed by atoms with E-state index in [0.717, 1.165) is 58.9 Å². The van der Waals surface area contributed by atoms with E-state index in [1.54, 1.807) is 0 Å². The van der Waals surface area contributed by atoms with Gasteiger partial charge in [-0.1, -0.05) is 34.1 Å². The minimum absolute atomic E-state index is 0.00170. The molecule has 6 heteroatoms. The number of para-hydroxylation sites is 2. The molecule has 0 amide bonds. The SMILES string of the molecule is O=c1[nH]c2ccccc2n1C1CCN(Cc2cc(Br)cc3cccnc23)CC1. The first-order chi connectivity index (χ1) is 13.7. The van der Waals surface area contributed by atoms with Crippen molar-refractivity contribution in [1.29, 1.82) is 0 Å². The Morgan fingerprint density at radius 2 is 1.93 bits per heavy atom. The average molecular weight is 437 g/mol. The number of aromatic amines is 1. The number of nitrogens with zero attached hydrogens (tertiary/aromatic N) is 3. The number of hydrogen-bond acceptors (Lipinski definition) is 3. The molecular formula is C22H21BrN4O.